The van der Waals surface area contributed by atoms with Gasteiger partial charge in [0.15, 0.2) is 11.3 Å². The first-order chi connectivity index (χ1) is 12.4. The molecule has 0 saturated heterocycles. The van der Waals surface area contributed by atoms with Gasteiger partial charge in [0.1, 0.15) is 5.65 Å². The van der Waals surface area contributed by atoms with Crippen molar-refractivity contribution in [2.24, 2.45) is 0 Å². The molecular weight excluding hydrogens is 336 g/mol. The SMILES string of the molecule is CN(C)CCN(C)C1=C(C(=O)O)C(=O)C(=Cc2c[nH]c3ncccc23)O1. The molecule has 8 heteroatoms. The number of ether oxygens (including phenoxy) is 1. The Bertz CT molecular complexity index is 926. The molecule has 2 aromatic rings. The van der Waals surface area contributed by atoms with Crippen LogP contribution >= 0.6 is 0 Å². The lowest BCUT2D eigenvalue weighted by Crippen LogP contribution is -2.29. The second-order valence-corrected chi connectivity index (χ2v) is 6.29. The van der Waals surface area contributed by atoms with E-state index in [0.717, 1.165) is 5.39 Å². The number of carboxylic acid groups (broad SMARTS) is 1. The second-order valence-electron chi connectivity index (χ2n) is 6.29. The van der Waals surface area contributed by atoms with Gasteiger partial charge in [0.25, 0.3) is 0 Å². The smallest absolute Gasteiger partial charge is 0.345 e. The summed E-state index contributed by atoms with van der Waals surface area (Å²) in [5.74, 6) is -1.89. The van der Waals surface area contributed by atoms with Crippen LogP contribution in [0.1, 0.15) is 5.56 Å². The Hall–Kier alpha value is -3.13. The van der Waals surface area contributed by atoms with Crippen molar-refractivity contribution in [1.82, 2.24) is 19.8 Å². The van der Waals surface area contributed by atoms with E-state index in [1.807, 2.05) is 25.1 Å². The van der Waals surface area contributed by atoms with Crippen LogP contribution in [0, 0.1) is 0 Å². The summed E-state index contributed by atoms with van der Waals surface area (Å²) in [6, 6.07) is 3.65. The summed E-state index contributed by atoms with van der Waals surface area (Å²) in [7, 11) is 5.53. The van der Waals surface area contributed by atoms with Crippen LogP contribution in [0.25, 0.3) is 17.1 Å². The largest absolute Gasteiger partial charge is 0.477 e. The summed E-state index contributed by atoms with van der Waals surface area (Å²) < 4.78 is 5.65. The Morgan fingerprint density at radius 1 is 1.35 bits per heavy atom. The minimum absolute atomic E-state index is 0.0149. The number of hydrogen-bond donors (Lipinski definition) is 2. The van der Waals surface area contributed by atoms with Gasteiger partial charge in [-0.25, -0.2) is 9.78 Å². The third-order valence-corrected chi connectivity index (χ3v) is 4.08. The molecule has 3 rings (SSSR count). The number of aromatic amines is 1. The number of fused-ring (bicyclic) bond motifs is 1. The maximum absolute atomic E-state index is 12.6. The highest BCUT2D eigenvalue weighted by Crippen LogP contribution is 2.30. The van der Waals surface area contributed by atoms with Gasteiger partial charge < -0.3 is 24.6 Å². The number of aliphatic carboxylic acids is 1. The molecule has 0 unspecified atom stereocenters. The third kappa shape index (κ3) is 3.31. The highest BCUT2D eigenvalue weighted by Gasteiger charge is 2.37. The van der Waals surface area contributed by atoms with Crippen molar-refractivity contribution in [1.29, 1.82) is 0 Å². The van der Waals surface area contributed by atoms with E-state index in [2.05, 4.69) is 9.97 Å². The zero-order chi connectivity index (χ0) is 18.8. The van der Waals surface area contributed by atoms with Crippen molar-refractivity contribution in [3.63, 3.8) is 0 Å². The summed E-state index contributed by atoms with van der Waals surface area (Å²) in [6.07, 6.45) is 4.91. The van der Waals surface area contributed by atoms with Crippen LogP contribution in [0.3, 0.4) is 0 Å². The van der Waals surface area contributed by atoms with Crippen LogP contribution in [0.2, 0.25) is 0 Å². The molecule has 0 saturated carbocycles. The van der Waals surface area contributed by atoms with E-state index < -0.39 is 11.8 Å². The molecule has 0 amide bonds. The van der Waals surface area contributed by atoms with Crippen molar-refractivity contribution in [3.8, 4) is 0 Å². The molecule has 0 fully saturated rings. The van der Waals surface area contributed by atoms with Crippen LogP contribution < -0.4 is 0 Å². The van der Waals surface area contributed by atoms with Crippen LogP contribution in [0.15, 0.2) is 41.7 Å². The standard InChI is InChI=1S/C18H20N4O4/c1-21(2)7-8-22(3)17-14(18(24)25)15(23)13(26-17)9-11-10-20-16-12(11)5-4-6-19-16/h4-6,9-10H,7-8H2,1-3H3,(H,19,20)(H,24,25). The minimum Gasteiger partial charge on any atom is -0.477 e. The molecule has 0 radical (unpaired) electrons. The fraction of sp³-hybridized carbons (Fsp3) is 0.278. The predicted molar refractivity (Wildman–Crippen MR) is 96.0 cm³/mol. The van der Waals surface area contributed by atoms with Gasteiger partial charge in [-0.05, 0) is 32.3 Å². The first-order valence-corrected chi connectivity index (χ1v) is 8.08. The van der Waals surface area contributed by atoms with Crippen LogP contribution in [0.4, 0.5) is 0 Å². The predicted octanol–water partition coefficient (Wildman–Crippen LogP) is 1.29. The molecule has 26 heavy (non-hydrogen) atoms. The molecule has 1 aliphatic rings. The van der Waals surface area contributed by atoms with E-state index in [1.165, 1.54) is 0 Å². The molecule has 2 N–H and O–H groups in total. The zero-order valence-corrected chi connectivity index (χ0v) is 14.8. The number of carboxylic acids is 1. The van der Waals surface area contributed by atoms with E-state index >= 15 is 0 Å². The number of Topliss-reactive ketones (excluding diaryl/α,β-unsaturated/α-hetero) is 1. The minimum atomic E-state index is -1.30. The molecule has 0 bridgehead atoms. The molecule has 3 heterocycles. The number of pyridine rings is 1. The number of nitrogens with one attached hydrogen (secondary N) is 1. The monoisotopic (exact) mass is 356 g/mol. The summed E-state index contributed by atoms with van der Waals surface area (Å²) in [5.41, 5.74) is 1.04. The van der Waals surface area contributed by atoms with Gasteiger partial charge in [-0.1, -0.05) is 0 Å². The van der Waals surface area contributed by atoms with Gasteiger partial charge >= 0.3 is 5.97 Å². The lowest BCUT2D eigenvalue weighted by Gasteiger charge is -2.21. The molecule has 0 aromatic carbocycles. The quantitative estimate of drug-likeness (QED) is 0.594. The van der Waals surface area contributed by atoms with Crippen molar-refractivity contribution in [3.05, 3.63) is 47.3 Å². The Morgan fingerprint density at radius 2 is 2.12 bits per heavy atom. The lowest BCUT2D eigenvalue weighted by atomic mass is 10.1. The Balaban J connectivity index is 1.92. The molecule has 0 aliphatic carbocycles. The maximum Gasteiger partial charge on any atom is 0.345 e. The number of nitrogens with zero attached hydrogens (tertiary/aromatic N) is 3. The average molecular weight is 356 g/mol. The Morgan fingerprint density at radius 3 is 2.81 bits per heavy atom. The highest BCUT2D eigenvalue weighted by atomic mass is 16.5. The van der Waals surface area contributed by atoms with E-state index in [9.17, 15) is 14.7 Å². The van der Waals surface area contributed by atoms with Crippen LogP contribution in [-0.4, -0.2) is 70.9 Å². The van der Waals surface area contributed by atoms with Crippen LogP contribution in [0.5, 0.6) is 0 Å². The zero-order valence-electron chi connectivity index (χ0n) is 14.8. The topological polar surface area (TPSA) is 98.8 Å². The van der Waals surface area contributed by atoms with E-state index in [1.54, 1.807) is 36.5 Å². The molecule has 1 aliphatic heterocycles. The van der Waals surface area contributed by atoms with Crippen molar-refractivity contribution >= 4 is 28.9 Å². The van der Waals surface area contributed by atoms with E-state index in [0.29, 0.717) is 24.3 Å². The Labute approximate surface area is 150 Å². The van der Waals surface area contributed by atoms with Crippen molar-refractivity contribution < 1.29 is 19.4 Å². The summed E-state index contributed by atoms with van der Waals surface area (Å²) in [6.45, 7) is 1.22. The number of allylic oxidation sites excluding steroid dienone is 1. The fourth-order valence-corrected chi connectivity index (χ4v) is 2.66. The molecule has 0 atom stereocenters. The number of carbonyl (C=O) groups is 2. The first kappa shape index (κ1) is 17.7. The molecule has 0 spiro atoms. The van der Waals surface area contributed by atoms with Crippen molar-refractivity contribution in [2.45, 2.75) is 0 Å². The Kier molecular flexibility index (Phi) is 4.77. The number of ketones is 1. The van der Waals surface area contributed by atoms with E-state index in [-0.39, 0.29) is 17.2 Å². The summed E-state index contributed by atoms with van der Waals surface area (Å²) >= 11 is 0. The molecule has 2 aromatic heterocycles. The summed E-state index contributed by atoms with van der Waals surface area (Å²) in [5, 5.41) is 10.3. The van der Waals surface area contributed by atoms with Gasteiger partial charge in [-0.2, -0.15) is 0 Å². The second kappa shape index (κ2) is 7.01. The van der Waals surface area contributed by atoms with Gasteiger partial charge in [0.05, 0.1) is 0 Å². The van der Waals surface area contributed by atoms with Gasteiger partial charge in [-0.3, -0.25) is 4.79 Å². The summed E-state index contributed by atoms with van der Waals surface area (Å²) in [4.78, 5) is 35.0. The molecule has 136 valence electrons. The third-order valence-electron chi connectivity index (χ3n) is 4.08. The fourth-order valence-electron chi connectivity index (χ4n) is 2.66. The van der Waals surface area contributed by atoms with Gasteiger partial charge in [0.2, 0.25) is 11.7 Å². The maximum atomic E-state index is 12.6. The van der Waals surface area contributed by atoms with Crippen LogP contribution in [-0.2, 0) is 14.3 Å². The highest BCUT2D eigenvalue weighted by molar-refractivity contribution is 6.26. The normalized spacial score (nSPS) is 16.0. The number of likely N-dealkylation sites (N-methyl/N-ethyl adjacent to an activating group) is 2. The number of H-pyrrole nitrogens is 1. The first-order valence-electron chi connectivity index (χ1n) is 8.08. The van der Waals surface area contributed by atoms with E-state index in [4.69, 9.17) is 4.74 Å². The number of rotatable bonds is 6. The average Bonchev–Trinajstić information content (AvgIpc) is 3.15. The lowest BCUT2D eigenvalue weighted by molar-refractivity contribution is -0.134. The number of carbonyl (C=O) groups excluding carboxylic acids is 1. The number of hydrogen-bond acceptors (Lipinski definition) is 6. The van der Waals surface area contributed by atoms with Gasteiger partial charge in [-0.15, -0.1) is 0 Å². The molecule has 8 nitrogen and oxygen atoms in total. The van der Waals surface area contributed by atoms with Crippen molar-refractivity contribution in [2.75, 3.05) is 34.2 Å². The molecular formula is C18H20N4O4. The van der Waals surface area contributed by atoms with Gasteiger partial charge in [0, 0.05) is 43.5 Å². The number of aromatic nitrogens is 2.